The van der Waals surface area contributed by atoms with Crippen molar-refractivity contribution in [2.24, 2.45) is 0 Å². The molecule has 0 unspecified atom stereocenters. The van der Waals surface area contributed by atoms with Gasteiger partial charge in [0.15, 0.2) is 5.65 Å². The average Bonchev–Trinajstić information content (AvgIpc) is 2.89. The van der Waals surface area contributed by atoms with Crippen LogP contribution in [0.3, 0.4) is 0 Å². The zero-order chi connectivity index (χ0) is 20.1. The first-order valence-corrected chi connectivity index (χ1v) is 8.14. The lowest BCUT2D eigenvalue weighted by Gasteiger charge is -2.12. The Morgan fingerprint density at radius 2 is 1.63 bits per heavy atom. The fraction of sp³-hybridized carbons (Fsp3) is 0.333. The molecule has 0 aliphatic rings. The molecule has 0 atom stereocenters. The van der Waals surface area contributed by atoms with Crippen LogP contribution in [0.15, 0.2) is 30.3 Å². The Labute approximate surface area is 151 Å². The van der Waals surface area contributed by atoms with Gasteiger partial charge in [-0.15, -0.1) is 5.10 Å². The molecule has 0 saturated heterocycles. The highest BCUT2D eigenvalue weighted by Crippen LogP contribution is 2.39. The number of aromatic nitrogens is 3. The van der Waals surface area contributed by atoms with Crippen LogP contribution < -0.4 is 5.73 Å². The third kappa shape index (κ3) is 3.45. The molecular formula is C18H17F5N4. The fourth-order valence-corrected chi connectivity index (χ4v) is 2.74. The normalized spacial score (nSPS) is 12.9. The Morgan fingerprint density at radius 3 is 2.11 bits per heavy atom. The van der Waals surface area contributed by atoms with Crippen LogP contribution in [-0.2, 0) is 12.1 Å². The number of benzene rings is 1. The minimum absolute atomic E-state index is 0.143. The number of hydrogen-bond donors (Lipinski definition) is 1. The van der Waals surface area contributed by atoms with E-state index in [1.807, 2.05) is 0 Å². The number of nitrogens with zero attached hydrogens (tertiary/aromatic N) is 3. The minimum atomic E-state index is -4.64. The summed E-state index contributed by atoms with van der Waals surface area (Å²) in [6, 6.07) is 5.98. The molecule has 0 fully saturated rings. The van der Waals surface area contributed by atoms with E-state index in [1.165, 1.54) is 24.3 Å². The molecule has 4 nitrogen and oxygen atoms in total. The molecule has 2 N–H and O–H groups in total. The van der Waals surface area contributed by atoms with E-state index in [0.717, 1.165) is 17.7 Å². The fourth-order valence-electron chi connectivity index (χ4n) is 2.74. The van der Waals surface area contributed by atoms with Gasteiger partial charge in [-0.1, -0.05) is 26.0 Å². The summed E-state index contributed by atoms with van der Waals surface area (Å²) in [6.07, 6.45) is -4.64. The van der Waals surface area contributed by atoms with Gasteiger partial charge >= 0.3 is 6.18 Å². The predicted octanol–water partition coefficient (Wildman–Crippen LogP) is 5.26. The average molecular weight is 384 g/mol. The summed E-state index contributed by atoms with van der Waals surface area (Å²) in [5, 5.41) is 3.78. The second kappa shape index (κ2) is 6.17. The Hall–Kier alpha value is -2.71. The molecule has 0 aliphatic heterocycles. The van der Waals surface area contributed by atoms with Gasteiger partial charge in [0, 0.05) is 18.2 Å². The standard InChI is InChI=1S/C18H17F5N4/c1-9(2)13-8-12(18(21,22)23)14-15(24)27(26-16(14)25-13)11-6-4-10(5-7-11)17(3,19)20/h4-9H,24H2,1-3H3. The van der Waals surface area contributed by atoms with Crippen LogP contribution in [0.2, 0.25) is 0 Å². The highest BCUT2D eigenvalue weighted by Gasteiger charge is 2.36. The summed E-state index contributed by atoms with van der Waals surface area (Å²) < 4.78 is 68.4. The summed E-state index contributed by atoms with van der Waals surface area (Å²) in [4.78, 5) is 4.18. The Morgan fingerprint density at radius 1 is 1.04 bits per heavy atom. The van der Waals surface area contributed by atoms with Crippen molar-refractivity contribution in [1.29, 1.82) is 0 Å². The van der Waals surface area contributed by atoms with Crippen LogP contribution in [0.5, 0.6) is 0 Å². The zero-order valence-corrected chi connectivity index (χ0v) is 14.8. The first-order valence-electron chi connectivity index (χ1n) is 8.14. The van der Waals surface area contributed by atoms with Crippen LogP contribution in [0.25, 0.3) is 16.7 Å². The third-order valence-electron chi connectivity index (χ3n) is 4.21. The largest absolute Gasteiger partial charge is 0.417 e. The first-order chi connectivity index (χ1) is 12.4. The van der Waals surface area contributed by atoms with Crippen molar-refractivity contribution < 1.29 is 22.0 Å². The van der Waals surface area contributed by atoms with Crippen LogP contribution in [0.1, 0.15) is 43.5 Å². The van der Waals surface area contributed by atoms with Crippen molar-refractivity contribution in [1.82, 2.24) is 14.8 Å². The number of rotatable bonds is 3. The first kappa shape index (κ1) is 19.1. The molecular weight excluding hydrogens is 367 g/mol. The van der Waals surface area contributed by atoms with Crippen LogP contribution in [0, 0.1) is 0 Å². The molecule has 1 aromatic carbocycles. The number of anilines is 1. The summed E-state index contributed by atoms with van der Waals surface area (Å²) in [7, 11) is 0. The van der Waals surface area contributed by atoms with Crippen LogP contribution in [0.4, 0.5) is 27.8 Å². The molecule has 3 aromatic rings. The maximum atomic E-state index is 13.5. The summed E-state index contributed by atoms with van der Waals surface area (Å²) in [5.41, 5.74) is 5.14. The number of pyridine rings is 1. The summed E-state index contributed by atoms with van der Waals surface area (Å²) in [6.45, 7) is 4.20. The molecule has 0 spiro atoms. The lowest BCUT2D eigenvalue weighted by molar-refractivity contribution is -0.136. The number of nitrogen functional groups attached to an aromatic ring is 1. The Kier molecular flexibility index (Phi) is 4.36. The highest BCUT2D eigenvalue weighted by molar-refractivity contribution is 5.91. The van der Waals surface area contributed by atoms with Crippen molar-refractivity contribution in [2.45, 2.75) is 38.8 Å². The third-order valence-corrected chi connectivity index (χ3v) is 4.21. The van der Waals surface area contributed by atoms with E-state index in [0.29, 0.717) is 0 Å². The molecule has 0 bridgehead atoms. The molecule has 0 radical (unpaired) electrons. The van der Waals surface area contributed by atoms with Gasteiger partial charge in [-0.2, -0.15) is 13.2 Å². The van der Waals surface area contributed by atoms with E-state index in [-0.39, 0.29) is 39.7 Å². The predicted molar refractivity (Wildman–Crippen MR) is 91.9 cm³/mol. The highest BCUT2D eigenvalue weighted by atomic mass is 19.4. The van der Waals surface area contributed by atoms with E-state index in [1.54, 1.807) is 13.8 Å². The van der Waals surface area contributed by atoms with Crippen molar-refractivity contribution in [3.05, 3.63) is 47.2 Å². The lowest BCUT2D eigenvalue weighted by atomic mass is 10.0. The number of halogens is 5. The molecule has 144 valence electrons. The second-order valence-corrected chi connectivity index (χ2v) is 6.68. The number of alkyl halides is 5. The lowest BCUT2D eigenvalue weighted by Crippen LogP contribution is -2.09. The van der Waals surface area contributed by atoms with E-state index >= 15 is 0 Å². The monoisotopic (exact) mass is 384 g/mol. The summed E-state index contributed by atoms with van der Waals surface area (Å²) in [5.74, 6) is -3.53. The minimum Gasteiger partial charge on any atom is -0.383 e. The van der Waals surface area contributed by atoms with Crippen molar-refractivity contribution >= 4 is 16.9 Å². The van der Waals surface area contributed by atoms with Crippen LogP contribution >= 0.6 is 0 Å². The smallest absolute Gasteiger partial charge is 0.383 e. The molecule has 9 heteroatoms. The van der Waals surface area contributed by atoms with Gasteiger partial charge in [0.2, 0.25) is 0 Å². The maximum absolute atomic E-state index is 13.5. The molecule has 27 heavy (non-hydrogen) atoms. The second-order valence-electron chi connectivity index (χ2n) is 6.68. The molecule has 0 amide bonds. The SMILES string of the molecule is CC(C)c1cc(C(F)(F)F)c2c(N)n(-c3ccc(C(C)(F)F)cc3)nc2n1. The van der Waals surface area contributed by atoms with E-state index in [9.17, 15) is 22.0 Å². The topological polar surface area (TPSA) is 56.7 Å². The van der Waals surface area contributed by atoms with Gasteiger partial charge in [-0.05, 0) is 24.1 Å². The van der Waals surface area contributed by atoms with E-state index < -0.39 is 17.7 Å². The van der Waals surface area contributed by atoms with E-state index in [4.69, 9.17) is 5.73 Å². The molecule has 3 rings (SSSR count). The van der Waals surface area contributed by atoms with Gasteiger partial charge in [-0.25, -0.2) is 18.4 Å². The maximum Gasteiger partial charge on any atom is 0.417 e. The van der Waals surface area contributed by atoms with Gasteiger partial charge in [0.1, 0.15) is 5.82 Å². The summed E-state index contributed by atoms with van der Waals surface area (Å²) >= 11 is 0. The van der Waals surface area contributed by atoms with Gasteiger partial charge in [0.25, 0.3) is 5.92 Å². The van der Waals surface area contributed by atoms with Crippen molar-refractivity contribution in [2.75, 3.05) is 5.73 Å². The quantitative estimate of drug-likeness (QED) is 0.627. The van der Waals surface area contributed by atoms with Crippen molar-refractivity contribution in [3.63, 3.8) is 0 Å². The van der Waals surface area contributed by atoms with Gasteiger partial charge in [0.05, 0.1) is 16.6 Å². The number of hydrogen-bond acceptors (Lipinski definition) is 3. The van der Waals surface area contributed by atoms with E-state index in [2.05, 4.69) is 10.1 Å². The van der Waals surface area contributed by atoms with Gasteiger partial charge in [-0.3, -0.25) is 0 Å². The number of fused-ring (bicyclic) bond motifs is 1. The molecule has 2 heterocycles. The van der Waals surface area contributed by atoms with Crippen molar-refractivity contribution in [3.8, 4) is 5.69 Å². The Bertz CT molecular complexity index is 982. The molecule has 2 aromatic heterocycles. The Balaban J connectivity index is 2.23. The van der Waals surface area contributed by atoms with Crippen LogP contribution in [-0.4, -0.2) is 14.8 Å². The molecule has 0 aliphatic carbocycles. The molecule has 0 saturated carbocycles. The van der Waals surface area contributed by atoms with Gasteiger partial charge < -0.3 is 5.73 Å². The zero-order valence-electron chi connectivity index (χ0n) is 14.8. The number of nitrogens with two attached hydrogens (primary N) is 1.